The molecule has 88 valence electrons. The van der Waals surface area contributed by atoms with Gasteiger partial charge in [-0.1, -0.05) is 0 Å². The van der Waals surface area contributed by atoms with Gasteiger partial charge in [0.05, 0.1) is 0 Å². The van der Waals surface area contributed by atoms with Crippen molar-refractivity contribution in [1.29, 1.82) is 0 Å². The van der Waals surface area contributed by atoms with Crippen LogP contribution in [0.15, 0.2) is 0 Å². The predicted molar refractivity (Wildman–Crippen MR) is 50.0 cm³/mol. The SMILES string of the molecule is O.O.O.O.O.O.O.O.O.[Na+].[Na+].[SH-].[SH-]. The number of hydrogen-bond donors (Lipinski definition) is 0. The van der Waals surface area contributed by atoms with Crippen LogP contribution in [0.3, 0.4) is 0 Å². The summed E-state index contributed by atoms with van der Waals surface area (Å²) in [5.74, 6) is 0. The number of rotatable bonds is 0. The maximum Gasteiger partial charge on any atom is 1.00 e. The minimum absolute atomic E-state index is 0. The van der Waals surface area contributed by atoms with Gasteiger partial charge >= 0.3 is 59.1 Å². The summed E-state index contributed by atoms with van der Waals surface area (Å²) < 4.78 is 0. The Morgan fingerprint density at radius 1 is 0.231 bits per heavy atom. The largest absolute Gasteiger partial charge is 1.00 e. The molecule has 0 radical (unpaired) electrons. The Balaban J connectivity index is 0. The average Bonchev–Trinajstić information content (AvgIpc) is 0. The first-order chi connectivity index (χ1) is 0. The molecule has 0 rings (SSSR count). The number of thiol groups is 2. The molecule has 13 heteroatoms. The molecule has 0 aliphatic carbocycles. The minimum atomic E-state index is 0. The average molecular weight is 274 g/mol. The maximum atomic E-state index is 0. The third-order valence-electron chi connectivity index (χ3n) is 0. The summed E-state index contributed by atoms with van der Waals surface area (Å²) in [4.78, 5) is 0. The van der Waals surface area contributed by atoms with E-state index < -0.39 is 0 Å². The second-order valence-corrected chi connectivity index (χ2v) is 0. The second-order valence-electron chi connectivity index (χ2n) is 0. The van der Waals surface area contributed by atoms with Crippen LogP contribution in [0.1, 0.15) is 0 Å². The van der Waals surface area contributed by atoms with Gasteiger partial charge in [-0.15, -0.1) is 0 Å². The Kier molecular flexibility index (Phi) is 20700. The van der Waals surface area contributed by atoms with Crippen molar-refractivity contribution in [1.82, 2.24) is 0 Å². The first kappa shape index (κ1) is 576. The van der Waals surface area contributed by atoms with Gasteiger partial charge in [-0.25, -0.2) is 0 Å². The van der Waals surface area contributed by atoms with Crippen molar-refractivity contribution in [2.24, 2.45) is 0 Å². The van der Waals surface area contributed by atoms with Crippen LogP contribution in [0.25, 0.3) is 0 Å². The van der Waals surface area contributed by atoms with E-state index in [9.17, 15) is 0 Å². The van der Waals surface area contributed by atoms with Crippen LogP contribution in [0.2, 0.25) is 0 Å². The Hall–Kier alpha value is 2.34. The molecular weight excluding hydrogens is 254 g/mol. The van der Waals surface area contributed by atoms with Gasteiger partial charge in [0, 0.05) is 0 Å². The zero-order valence-corrected chi connectivity index (χ0v) is 13.2. The van der Waals surface area contributed by atoms with Crippen LogP contribution in [0, 0.1) is 0 Å². The monoisotopic (exact) mass is 274 g/mol. The van der Waals surface area contributed by atoms with E-state index in [0.29, 0.717) is 0 Å². The van der Waals surface area contributed by atoms with Gasteiger partial charge < -0.3 is 76.3 Å². The van der Waals surface area contributed by atoms with E-state index in [-0.39, 0.29) is 135 Å². The Morgan fingerprint density at radius 3 is 0.231 bits per heavy atom. The van der Waals surface area contributed by atoms with Crippen molar-refractivity contribution in [3.63, 3.8) is 0 Å². The first-order valence-electron chi connectivity index (χ1n) is 0. The van der Waals surface area contributed by atoms with Crippen molar-refractivity contribution < 1.29 is 108 Å². The molecule has 0 fully saturated rings. The smallest absolute Gasteiger partial charge is 0.813 e. The summed E-state index contributed by atoms with van der Waals surface area (Å²) in [7, 11) is 0. The van der Waals surface area contributed by atoms with Crippen LogP contribution in [-0.2, 0) is 27.0 Å². The van der Waals surface area contributed by atoms with Crippen LogP contribution in [0.5, 0.6) is 0 Å². The summed E-state index contributed by atoms with van der Waals surface area (Å²) in [5, 5.41) is 0. The van der Waals surface area contributed by atoms with E-state index in [0.717, 1.165) is 0 Å². The molecule has 0 aliphatic heterocycles. The molecule has 18 N–H and O–H groups in total. The number of hydrogen-bond acceptors (Lipinski definition) is 2. The van der Waals surface area contributed by atoms with Crippen molar-refractivity contribution in [2.45, 2.75) is 0 Å². The summed E-state index contributed by atoms with van der Waals surface area (Å²) in [6.07, 6.45) is 0. The molecule has 0 heterocycles. The fourth-order valence-electron chi connectivity index (χ4n) is 0. The summed E-state index contributed by atoms with van der Waals surface area (Å²) in [6, 6.07) is 0. The van der Waals surface area contributed by atoms with E-state index >= 15 is 0 Å². The molecular formula is H20Na2O9S2. The zero-order valence-electron chi connectivity index (χ0n) is 7.39. The molecule has 0 aromatic carbocycles. The first-order valence-corrected chi connectivity index (χ1v) is 0. The summed E-state index contributed by atoms with van der Waals surface area (Å²) in [6.45, 7) is 0. The van der Waals surface area contributed by atoms with Crippen molar-refractivity contribution in [3.8, 4) is 0 Å². The van der Waals surface area contributed by atoms with E-state index in [2.05, 4.69) is 0 Å². The molecule has 0 unspecified atom stereocenters. The van der Waals surface area contributed by atoms with Gasteiger partial charge in [-0.2, -0.15) is 0 Å². The third kappa shape index (κ3) is 399. The van der Waals surface area contributed by atoms with Crippen molar-refractivity contribution in [3.05, 3.63) is 0 Å². The molecule has 0 amide bonds. The van der Waals surface area contributed by atoms with Crippen molar-refractivity contribution >= 4 is 27.0 Å². The molecule has 0 aromatic heterocycles. The van der Waals surface area contributed by atoms with Gasteiger partial charge in [-0.3, -0.25) is 0 Å². The zero-order chi connectivity index (χ0) is 0. The van der Waals surface area contributed by atoms with Crippen LogP contribution >= 0.6 is 0 Å². The van der Waals surface area contributed by atoms with E-state index in [4.69, 9.17) is 0 Å². The van der Waals surface area contributed by atoms with Crippen LogP contribution < -0.4 is 59.1 Å². The van der Waals surface area contributed by atoms with Crippen molar-refractivity contribution in [2.75, 3.05) is 0 Å². The maximum absolute atomic E-state index is 0. The van der Waals surface area contributed by atoms with Crippen LogP contribution in [0.4, 0.5) is 0 Å². The summed E-state index contributed by atoms with van der Waals surface area (Å²) in [5.41, 5.74) is 0. The molecule has 0 atom stereocenters. The Bertz CT molecular complexity index is 15.6. The molecule has 0 bridgehead atoms. The summed E-state index contributed by atoms with van der Waals surface area (Å²) >= 11 is 0. The normalized spacial score (nSPS) is 0. The fraction of sp³-hybridized carbons (Fsp3) is 0. The molecule has 0 saturated heterocycles. The van der Waals surface area contributed by atoms with Gasteiger partial charge in [0.1, 0.15) is 0 Å². The van der Waals surface area contributed by atoms with Gasteiger partial charge in [0.15, 0.2) is 0 Å². The standard InChI is InChI=1S/2Na.9H2O.2H2S/h;;11*1H2/q2*+1;;;;;;;;;;;/p-2. The van der Waals surface area contributed by atoms with E-state index in [1.54, 1.807) is 0 Å². The van der Waals surface area contributed by atoms with E-state index in [1.165, 1.54) is 0 Å². The van der Waals surface area contributed by atoms with E-state index in [1.807, 2.05) is 0 Å². The molecule has 9 nitrogen and oxygen atoms in total. The fourth-order valence-corrected chi connectivity index (χ4v) is 0. The molecule has 0 aromatic rings. The quantitative estimate of drug-likeness (QED) is 0.236. The Morgan fingerprint density at radius 2 is 0.231 bits per heavy atom. The molecule has 0 spiro atoms. The third-order valence-corrected chi connectivity index (χ3v) is 0. The predicted octanol–water partition coefficient (Wildman–Crippen LogP) is -14.0. The molecule has 0 aliphatic rings. The van der Waals surface area contributed by atoms with Gasteiger partial charge in [0.25, 0.3) is 0 Å². The van der Waals surface area contributed by atoms with Gasteiger partial charge in [0.2, 0.25) is 0 Å². The van der Waals surface area contributed by atoms with Gasteiger partial charge in [-0.05, 0) is 0 Å². The Labute approximate surface area is 134 Å². The second kappa shape index (κ2) is 466. The minimum Gasteiger partial charge on any atom is -0.813 e. The molecule has 0 saturated carbocycles. The molecule has 13 heavy (non-hydrogen) atoms. The van der Waals surface area contributed by atoms with Crippen LogP contribution in [-0.4, -0.2) is 49.3 Å². The topological polar surface area (TPSA) is 284 Å².